The van der Waals surface area contributed by atoms with Crippen LogP contribution < -0.4 is 0 Å². The molecule has 0 aromatic rings. The first-order valence-corrected chi connectivity index (χ1v) is 5.45. The third-order valence-corrected chi connectivity index (χ3v) is 2.26. The van der Waals surface area contributed by atoms with Crippen molar-refractivity contribution in [3.8, 4) is 0 Å². The first kappa shape index (κ1) is 15.8. The van der Waals surface area contributed by atoms with E-state index in [1.54, 1.807) is 0 Å². The maximum atomic E-state index is 9.40. The summed E-state index contributed by atoms with van der Waals surface area (Å²) in [4.78, 5) is 0. The van der Waals surface area contributed by atoms with Gasteiger partial charge in [0.25, 0.3) is 0 Å². The lowest BCUT2D eigenvalue weighted by Crippen LogP contribution is -2.47. The molecule has 5 N–H and O–H groups in total. The van der Waals surface area contributed by atoms with Gasteiger partial charge in [0.2, 0.25) is 0 Å². The third kappa shape index (κ3) is 5.74. The second-order valence-corrected chi connectivity index (χ2v) is 3.73. The van der Waals surface area contributed by atoms with Crippen LogP contribution in [0, 0.1) is 0 Å². The van der Waals surface area contributed by atoms with Crippen molar-refractivity contribution in [2.45, 2.75) is 44.2 Å². The number of hydrogen-bond acceptors (Lipinski definition) is 6. The Morgan fingerprint density at radius 1 is 1.00 bits per heavy atom. The largest absolute Gasteiger partial charge is 0.394 e. The number of aliphatic hydroxyl groups excluding tert-OH is 5. The summed E-state index contributed by atoms with van der Waals surface area (Å²) in [6.45, 7) is 1.67. The lowest BCUT2D eigenvalue weighted by Gasteiger charge is -2.25. The third-order valence-electron chi connectivity index (χ3n) is 2.26. The molecule has 16 heavy (non-hydrogen) atoms. The number of ether oxygens (including phenoxy) is 1. The summed E-state index contributed by atoms with van der Waals surface area (Å²) >= 11 is 0. The Bertz CT molecular complexity index is 165. The van der Waals surface area contributed by atoms with Crippen LogP contribution in [-0.4, -0.2) is 69.8 Å². The van der Waals surface area contributed by atoms with Crippen molar-refractivity contribution in [3.05, 3.63) is 0 Å². The van der Waals surface area contributed by atoms with Crippen molar-refractivity contribution in [2.24, 2.45) is 0 Å². The van der Waals surface area contributed by atoms with Gasteiger partial charge in [0.15, 0.2) is 0 Å². The molecule has 0 aliphatic carbocycles. The predicted octanol–water partition coefficient (Wildman–Crippen LogP) is -1.76. The minimum atomic E-state index is -1.59. The zero-order chi connectivity index (χ0) is 12.6. The molecule has 4 atom stereocenters. The monoisotopic (exact) mass is 238 g/mol. The van der Waals surface area contributed by atoms with Crippen LogP contribution in [0.3, 0.4) is 0 Å². The van der Waals surface area contributed by atoms with Gasteiger partial charge in [0.05, 0.1) is 13.2 Å². The molecule has 0 radical (unpaired) electrons. The van der Waals surface area contributed by atoms with Crippen LogP contribution in [0.1, 0.15) is 19.8 Å². The summed E-state index contributed by atoms with van der Waals surface area (Å²) in [5, 5.41) is 45.7. The summed E-state index contributed by atoms with van der Waals surface area (Å²) in [7, 11) is 0. The molecule has 6 nitrogen and oxygen atoms in total. The average molecular weight is 238 g/mol. The maximum Gasteiger partial charge on any atom is 0.111 e. The first-order valence-electron chi connectivity index (χ1n) is 5.45. The second-order valence-electron chi connectivity index (χ2n) is 3.73. The van der Waals surface area contributed by atoms with Gasteiger partial charge in [-0.25, -0.2) is 0 Å². The van der Waals surface area contributed by atoms with Gasteiger partial charge in [-0.05, 0) is 6.42 Å². The molecule has 98 valence electrons. The Labute approximate surface area is 95.1 Å². The van der Waals surface area contributed by atoms with Gasteiger partial charge in [0.1, 0.15) is 24.4 Å². The first-order chi connectivity index (χ1) is 7.54. The lowest BCUT2D eigenvalue weighted by molar-refractivity contribution is -0.129. The molecule has 0 saturated carbocycles. The van der Waals surface area contributed by atoms with Crippen molar-refractivity contribution in [3.63, 3.8) is 0 Å². The molecule has 0 fully saturated rings. The SMILES string of the molecule is CCCCOC[C@H](O)[C@@H](O)[C@H](O)[C@H](O)CO. The Morgan fingerprint density at radius 2 is 1.56 bits per heavy atom. The molecule has 0 saturated heterocycles. The van der Waals surface area contributed by atoms with Crippen molar-refractivity contribution in [1.29, 1.82) is 0 Å². The molecular formula is C10H22O6. The van der Waals surface area contributed by atoms with Crippen molar-refractivity contribution >= 4 is 0 Å². The molecule has 0 bridgehead atoms. The van der Waals surface area contributed by atoms with Crippen molar-refractivity contribution in [1.82, 2.24) is 0 Å². The van der Waals surface area contributed by atoms with Gasteiger partial charge in [-0.2, -0.15) is 0 Å². The molecule has 0 rings (SSSR count). The highest BCUT2D eigenvalue weighted by Crippen LogP contribution is 2.05. The zero-order valence-corrected chi connectivity index (χ0v) is 9.49. The molecular weight excluding hydrogens is 216 g/mol. The molecule has 0 amide bonds. The standard InChI is InChI=1S/C10H22O6/c1-2-3-4-16-6-8(13)10(15)9(14)7(12)5-11/h7-15H,2-6H2,1H3/t7-,8+,9-,10-/m1/s1. The summed E-state index contributed by atoms with van der Waals surface area (Å²) < 4.78 is 5.06. The van der Waals surface area contributed by atoms with E-state index >= 15 is 0 Å². The minimum absolute atomic E-state index is 0.115. The highest BCUT2D eigenvalue weighted by atomic mass is 16.5. The Hall–Kier alpha value is -0.240. The average Bonchev–Trinajstić information content (AvgIpc) is 2.31. The fourth-order valence-corrected chi connectivity index (χ4v) is 1.11. The number of unbranched alkanes of at least 4 members (excludes halogenated alkanes) is 1. The number of rotatable bonds is 9. The van der Waals surface area contributed by atoms with Crippen LogP contribution in [-0.2, 0) is 4.74 Å². The van der Waals surface area contributed by atoms with E-state index in [0.717, 1.165) is 12.8 Å². The predicted molar refractivity (Wildman–Crippen MR) is 56.8 cm³/mol. The van der Waals surface area contributed by atoms with Gasteiger partial charge < -0.3 is 30.3 Å². The van der Waals surface area contributed by atoms with Crippen LogP contribution >= 0.6 is 0 Å². The van der Waals surface area contributed by atoms with Crippen LogP contribution in [0.15, 0.2) is 0 Å². The normalized spacial score (nSPS) is 19.1. The molecule has 6 heteroatoms. The van der Waals surface area contributed by atoms with E-state index in [-0.39, 0.29) is 6.61 Å². The van der Waals surface area contributed by atoms with E-state index in [0.29, 0.717) is 6.61 Å². The highest BCUT2D eigenvalue weighted by molar-refractivity contribution is 4.80. The van der Waals surface area contributed by atoms with Gasteiger partial charge in [-0.1, -0.05) is 13.3 Å². The molecule has 0 aromatic carbocycles. The maximum absolute atomic E-state index is 9.40. The Balaban J connectivity index is 3.83. The smallest absolute Gasteiger partial charge is 0.111 e. The molecule has 0 heterocycles. The molecule has 0 unspecified atom stereocenters. The van der Waals surface area contributed by atoms with E-state index in [1.807, 2.05) is 6.92 Å². The van der Waals surface area contributed by atoms with Gasteiger partial charge >= 0.3 is 0 Å². The molecule has 0 aliphatic rings. The van der Waals surface area contributed by atoms with Gasteiger partial charge in [-0.3, -0.25) is 0 Å². The molecule has 0 spiro atoms. The fourth-order valence-electron chi connectivity index (χ4n) is 1.11. The Kier molecular flexibility index (Phi) is 8.73. The van der Waals surface area contributed by atoms with Gasteiger partial charge in [-0.15, -0.1) is 0 Å². The van der Waals surface area contributed by atoms with Crippen molar-refractivity contribution < 1.29 is 30.3 Å². The van der Waals surface area contributed by atoms with Crippen molar-refractivity contribution in [2.75, 3.05) is 19.8 Å². The molecule has 0 aliphatic heterocycles. The van der Waals surface area contributed by atoms with E-state index in [9.17, 15) is 15.3 Å². The van der Waals surface area contributed by atoms with Gasteiger partial charge in [0, 0.05) is 6.61 Å². The Morgan fingerprint density at radius 3 is 2.06 bits per heavy atom. The van der Waals surface area contributed by atoms with Crippen LogP contribution in [0.4, 0.5) is 0 Å². The van der Waals surface area contributed by atoms with E-state index < -0.39 is 31.0 Å². The summed E-state index contributed by atoms with van der Waals surface area (Å²) in [5.74, 6) is 0. The second kappa shape index (κ2) is 8.86. The summed E-state index contributed by atoms with van der Waals surface area (Å²) in [6, 6.07) is 0. The van der Waals surface area contributed by atoms with Crippen LogP contribution in [0.2, 0.25) is 0 Å². The number of aliphatic hydroxyl groups is 5. The van der Waals surface area contributed by atoms with Crippen LogP contribution in [0.5, 0.6) is 0 Å². The van der Waals surface area contributed by atoms with E-state index in [1.165, 1.54) is 0 Å². The number of hydrogen-bond donors (Lipinski definition) is 5. The van der Waals surface area contributed by atoms with E-state index in [4.69, 9.17) is 14.9 Å². The highest BCUT2D eigenvalue weighted by Gasteiger charge is 2.29. The molecule has 0 aromatic heterocycles. The van der Waals surface area contributed by atoms with E-state index in [2.05, 4.69) is 0 Å². The lowest BCUT2D eigenvalue weighted by atomic mass is 10.0. The topological polar surface area (TPSA) is 110 Å². The minimum Gasteiger partial charge on any atom is -0.394 e. The fraction of sp³-hybridized carbons (Fsp3) is 1.00. The summed E-state index contributed by atoms with van der Waals surface area (Å²) in [5.41, 5.74) is 0. The zero-order valence-electron chi connectivity index (χ0n) is 9.49. The van der Waals surface area contributed by atoms with Crippen LogP contribution in [0.25, 0.3) is 0 Å². The quantitative estimate of drug-likeness (QED) is 0.304. The summed E-state index contributed by atoms with van der Waals surface area (Å²) in [6.07, 6.45) is -4.07.